The van der Waals surface area contributed by atoms with E-state index in [1.54, 1.807) is 64.1 Å². The summed E-state index contributed by atoms with van der Waals surface area (Å²) in [5.41, 5.74) is -1.05. The van der Waals surface area contributed by atoms with Gasteiger partial charge >= 0.3 is 11.8 Å². The van der Waals surface area contributed by atoms with Crippen LogP contribution < -0.4 is 15.4 Å². The molecule has 1 amide bonds. The van der Waals surface area contributed by atoms with E-state index < -0.39 is 106 Å². The van der Waals surface area contributed by atoms with Gasteiger partial charge in [0.1, 0.15) is 29.0 Å². The molecule has 1 aliphatic carbocycles. The Labute approximate surface area is 337 Å². The lowest BCUT2D eigenvalue weighted by molar-refractivity contribution is -0.160. The number of hydrogen-bond acceptors (Lipinski definition) is 13. The van der Waals surface area contributed by atoms with E-state index in [2.05, 4.69) is 10.6 Å². The van der Waals surface area contributed by atoms with Crippen molar-refractivity contribution in [1.82, 2.24) is 10.6 Å². The summed E-state index contributed by atoms with van der Waals surface area (Å²) in [5.74, 6) is -9.32. The summed E-state index contributed by atoms with van der Waals surface area (Å²) < 4.78 is 23.5. The third-order valence-corrected chi connectivity index (χ3v) is 11.3. The topological polar surface area (TPSA) is 207 Å². The van der Waals surface area contributed by atoms with Gasteiger partial charge in [-0.05, 0) is 25.5 Å². The van der Waals surface area contributed by atoms with Crippen molar-refractivity contribution in [1.29, 1.82) is 0 Å². The molecule has 4 aliphatic rings. The number of carbonyl (C=O) groups excluding carboxylic acids is 5. The van der Waals surface area contributed by atoms with Gasteiger partial charge in [0, 0.05) is 62.3 Å². The van der Waals surface area contributed by atoms with Crippen LogP contribution >= 0.6 is 0 Å². The molecule has 0 aromatic heterocycles. The van der Waals surface area contributed by atoms with Crippen molar-refractivity contribution in [2.24, 2.45) is 23.7 Å². The van der Waals surface area contributed by atoms with Gasteiger partial charge in [0.15, 0.2) is 0 Å². The number of amides is 1. The molecule has 310 valence electrons. The highest BCUT2D eigenvalue weighted by Crippen LogP contribution is 2.48. The zero-order valence-electron chi connectivity index (χ0n) is 34.1. The second-order valence-corrected chi connectivity index (χ2v) is 15.4. The van der Waals surface area contributed by atoms with Gasteiger partial charge in [-0.3, -0.25) is 24.0 Å². The SMILES string of the molecule is CO[C@H]1/C=C/O[C@@]2(C)Oc3c(C)c(O)c4c(c3C2=O)C(=O)C(NCc2ccccc2)=C(NC(=O)/C(C)=C\C=C\[C@H](C)[C@H](O)[C@@H](C)[C@H](O)[C@H](C)[C@H](OC(C)=O)[C@@H]1C)C4=O. The number of aromatic hydroxyl groups is 1. The Morgan fingerprint density at radius 1 is 0.914 bits per heavy atom. The number of fused-ring (bicyclic) bond motifs is 14. The van der Waals surface area contributed by atoms with E-state index >= 15 is 0 Å². The zero-order valence-corrected chi connectivity index (χ0v) is 34.1. The minimum Gasteiger partial charge on any atom is -0.507 e. The Bertz CT molecular complexity index is 2100. The molecule has 6 rings (SSSR count). The van der Waals surface area contributed by atoms with E-state index in [1.165, 1.54) is 53.2 Å². The molecular formula is C44H52N2O12. The number of phenols is 1. The van der Waals surface area contributed by atoms with E-state index in [0.717, 1.165) is 5.56 Å². The van der Waals surface area contributed by atoms with Crippen LogP contribution in [0.5, 0.6) is 11.5 Å². The fourth-order valence-electron chi connectivity index (χ4n) is 7.65. The number of aliphatic hydroxyl groups excluding tert-OH is 2. The van der Waals surface area contributed by atoms with E-state index in [4.69, 9.17) is 18.9 Å². The summed E-state index contributed by atoms with van der Waals surface area (Å²) in [6.45, 7) is 12.4. The lowest BCUT2D eigenvalue weighted by Gasteiger charge is -2.38. The second-order valence-electron chi connectivity index (χ2n) is 15.4. The highest BCUT2D eigenvalue weighted by molar-refractivity contribution is 6.32. The van der Waals surface area contributed by atoms with Crippen LogP contribution in [0.25, 0.3) is 0 Å². The molecule has 5 bridgehead atoms. The van der Waals surface area contributed by atoms with Crippen LogP contribution in [0.1, 0.15) is 90.7 Å². The number of esters is 1. The molecule has 2 aromatic carbocycles. The molecular weight excluding hydrogens is 748 g/mol. The number of aliphatic hydroxyl groups is 2. The molecule has 58 heavy (non-hydrogen) atoms. The van der Waals surface area contributed by atoms with E-state index in [1.807, 2.05) is 6.07 Å². The second kappa shape index (κ2) is 17.5. The van der Waals surface area contributed by atoms with Gasteiger partial charge in [0.05, 0.1) is 41.3 Å². The first-order chi connectivity index (χ1) is 27.3. The Kier molecular flexibility index (Phi) is 13.1. The van der Waals surface area contributed by atoms with Crippen molar-refractivity contribution >= 4 is 29.2 Å². The molecule has 2 aromatic rings. The maximum absolute atomic E-state index is 14.6. The predicted molar refractivity (Wildman–Crippen MR) is 211 cm³/mol. The van der Waals surface area contributed by atoms with Gasteiger partial charge in [0.2, 0.25) is 11.6 Å². The van der Waals surface area contributed by atoms with E-state index in [-0.39, 0.29) is 34.7 Å². The predicted octanol–water partition coefficient (Wildman–Crippen LogP) is 4.75. The van der Waals surface area contributed by atoms with Crippen LogP contribution in [-0.2, 0) is 30.3 Å². The Morgan fingerprint density at radius 2 is 1.59 bits per heavy atom. The minimum absolute atomic E-state index is 0.0108. The molecule has 9 atom stereocenters. The first-order valence-corrected chi connectivity index (χ1v) is 19.2. The molecule has 3 aliphatic heterocycles. The molecule has 0 fully saturated rings. The van der Waals surface area contributed by atoms with Crippen molar-refractivity contribution in [2.45, 2.75) is 92.1 Å². The smallest absolute Gasteiger partial charge is 0.312 e. The highest BCUT2D eigenvalue weighted by atomic mass is 16.7. The van der Waals surface area contributed by atoms with Gasteiger partial charge in [0.25, 0.3) is 11.7 Å². The quantitative estimate of drug-likeness (QED) is 0.259. The van der Waals surface area contributed by atoms with Gasteiger partial charge in [-0.2, -0.15) is 0 Å². The summed E-state index contributed by atoms with van der Waals surface area (Å²) in [6.07, 6.45) is 3.38. The number of phenolic OH excluding ortho intramolecular Hbond substituents is 1. The summed E-state index contributed by atoms with van der Waals surface area (Å²) in [4.78, 5) is 69.3. The zero-order chi connectivity index (χ0) is 42.8. The number of nitrogens with one attached hydrogen (secondary N) is 2. The van der Waals surface area contributed by atoms with Crippen LogP contribution in [0, 0.1) is 30.6 Å². The molecule has 0 radical (unpaired) electrons. The van der Waals surface area contributed by atoms with Crippen LogP contribution in [0.4, 0.5) is 0 Å². The molecule has 0 saturated heterocycles. The first-order valence-electron chi connectivity index (χ1n) is 19.2. The maximum Gasteiger partial charge on any atom is 0.312 e. The molecule has 0 spiro atoms. The Morgan fingerprint density at radius 3 is 2.22 bits per heavy atom. The number of ketones is 3. The Hall–Kier alpha value is -5.57. The maximum atomic E-state index is 14.6. The molecule has 14 nitrogen and oxygen atoms in total. The van der Waals surface area contributed by atoms with Crippen molar-refractivity contribution < 1.29 is 58.2 Å². The average Bonchev–Trinajstić information content (AvgIpc) is 3.46. The normalized spacial score (nSPS) is 31.4. The molecule has 5 N–H and O–H groups in total. The Balaban J connectivity index is 1.66. The van der Waals surface area contributed by atoms with Gasteiger partial charge in [-0.1, -0.05) is 76.3 Å². The standard InChI is InChI=1S/C44H52N2O12/c1-21-14-13-15-22(2)43(54)46-34-33(45-20-28-16-11-10-12-17-28)38(51)30-31(39(34)52)37(50)26(6)41-32(30)42(53)44(8,58-41)56-19-18-29(55-9)23(3)40(57-27(7)47)25(5)36(49)24(4)35(21)48/h10-19,21,23-25,29,35-36,40,45,48-50H,20H2,1-9H3,(H,46,54)/b14-13+,19-18+,22-15-/t21-,23+,24+,25-,29-,35-,36-,40+,44-/m0/s1. The van der Waals surface area contributed by atoms with Crippen LogP contribution in [0.15, 0.2) is 77.9 Å². The largest absolute Gasteiger partial charge is 0.507 e. The highest BCUT2D eigenvalue weighted by Gasteiger charge is 2.52. The lowest BCUT2D eigenvalue weighted by Crippen LogP contribution is -2.46. The van der Waals surface area contributed by atoms with Crippen molar-refractivity contribution in [3.05, 3.63) is 106 Å². The molecule has 3 heterocycles. The minimum atomic E-state index is -2.09. The number of methoxy groups -OCH3 is 1. The number of carbonyl (C=O) groups is 5. The van der Waals surface area contributed by atoms with Gasteiger partial charge < -0.3 is 44.9 Å². The average molecular weight is 801 g/mol. The lowest BCUT2D eigenvalue weighted by atomic mass is 9.78. The summed E-state index contributed by atoms with van der Waals surface area (Å²) >= 11 is 0. The molecule has 0 unspecified atom stereocenters. The number of rotatable bonds is 5. The summed E-state index contributed by atoms with van der Waals surface area (Å²) in [5, 5.41) is 39.8. The van der Waals surface area contributed by atoms with Crippen LogP contribution in [0.3, 0.4) is 0 Å². The molecule has 0 saturated carbocycles. The summed E-state index contributed by atoms with van der Waals surface area (Å²) in [6, 6.07) is 8.99. The first kappa shape index (κ1) is 43.6. The number of ether oxygens (including phenoxy) is 4. The monoisotopic (exact) mass is 800 g/mol. The van der Waals surface area contributed by atoms with E-state index in [9.17, 15) is 39.3 Å². The number of benzene rings is 2. The van der Waals surface area contributed by atoms with Crippen LogP contribution in [0.2, 0.25) is 0 Å². The number of hydrogen-bond donors (Lipinski definition) is 5. The summed E-state index contributed by atoms with van der Waals surface area (Å²) in [7, 11) is 1.42. The van der Waals surface area contributed by atoms with Gasteiger partial charge in [-0.15, -0.1) is 0 Å². The third kappa shape index (κ3) is 8.36. The van der Waals surface area contributed by atoms with Crippen LogP contribution in [-0.4, -0.2) is 81.9 Å². The fourth-order valence-corrected chi connectivity index (χ4v) is 7.65. The van der Waals surface area contributed by atoms with Crippen molar-refractivity contribution in [2.75, 3.05) is 7.11 Å². The molecule has 14 heteroatoms. The van der Waals surface area contributed by atoms with Crippen molar-refractivity contribution in [3.8, 4) is 11.5 Å². The number of Topliss-reactive ketones (excluding diaryl/α,β-unsaturated/α-hetero) is 3. The fraction of sp³-hybridized carbons (Fsp3) is 0.432. The number of allylic oxidation sites excluding steroid dienone is 4. The van der Waals surface area contributed by atoms with E-state index in [0.29, 0.717) is 0 Å². The van der Waals surface area contributed by atoms with Gasteiger partial charge in [-0.25, -0.2) is 0 Å². The third-order valence-electron chi connectivity index (χ3n) is 11.3. The van der Waals surface area contributed by atoms with Crippen molar-refractivity contribution in [3.63, 3.8) is 0 Å².